The molecular formula is C14H17N3O2. The molecule has 0 amide bonds. The van der Waals surface area contributed by atoms with Gasteiger partial charge in [-0.1, -0.05) is 6.07 Å². The van der Waals surface area contributed by atoms with Gasteiger partial charge in [-0.2, -0.15) is 0 Å². The highest BCUT2D eigenvalue weighted by molar-refractivity contribution is 5.49. The Hall–Kier alpha value is -2.43. The molecule has 0 saturated carbocycles. The largest absolute Gasteiger partial charge is 0.493 e. The summed E-state index contributed by atoms with van der Waals surface area (Å²) in [7, 11) is 1.62. The van der Waals surface area contributed by atoms with Gasteiger partial charge >= 0.3 is 0 Å². The second-order valence-corrected chi connectivity index (χ2v) is 3.90. The second kappa shape index (κ2) is 6.49. The third kappa shape index (κ3) is 3.77. The lowest BCUT2D eigenvalue weighted by molar-refractivity contribution is 0.332. The van der Waals surface area contributed by atoms with Crippen molar-refractivity contribution < 1.29 is 9.47 Å². The minimum Gasteiger partial charge on any atom is -0.493 e. The van der Waals surface area contributed by atoms with E-state index in [1.165, 1.54) is 0 Å². The lowest BCUT2D eigenvalue weighted by Crippen LogP contribution is -2.13. The number of aromatic nitrogens is 1. The van der Waals surface area contributed by atoms with Gasteiger partial charge in [0.2, 0.25) is 0 Å². The lowest BCUT2D eigenvalue weighted by Gasteiger charge is -2.10. The first-order valence-electron chi connectivity index (χ1n) is 6.01. The molecule has 100 valence electrons. The number of pyridine rings is 1. The van der Waals surface area contributed by atoms with Crippen LogP contribution in [0.3, 0.4) is 0 Å². The molecule has 0 radical (unpaired) electrons. The first-order valence-corrected chi connectivity index (χ1v) is 6.01. The third-order valence-corrected chi connectivity index (χ3v) is 2.51. The van der Waals surface area contributed by atoms with Crippen molar-refractivity contribution in [2.24, 2.45) is 0 Å². The third-order valence-electron chi connectivity index (χ3n) is 2.51. The fourth-order valence-electron chi connectivity index (χ4n) is 1.63. The van der Waals surface area contributed by atoms with Crippen molar-refractivity contribution in [3.05, 3.63) is 42.6 Å². The highest BCUT2D eigenvalue weighted by Crippen LogP contribution is 2.19. The Labute approximate surface area is 112 Å². The quantitative estimate of drug-likeness (QED) is 0.614. The lowest BCUT2D eigenvalue weighted by atomic mass is 10.3. The molecule has 0 saturated heterocycles. The zero-order valence-electron chi connectivity index (χ0n) is 10.8. The Bertz CT molecular complexity index is 532. The molecule has 0 atom stereocenters. The fraction of sp³-hybridized carbons (Fsp3) is 0.214. The van der Waals surface area contributed by atoms with Gasteiger partial charge in [0.25, 0.3) is 0 Å². The minimum atomic E-state index is 0.517. The molecule has 0 aliphatic heterocycles. The minimum absolute atomic E-state index is 0.517. The van der Waals surface area contributed by atoms with Crippen LogP contribution >= 0.6 is 0 Å². The first-order chi connectivity index (χ1) is 9.29. The van der Waals surface area contributed by atoms with Crippen LogP contribution in [-0.2, 0) is 0 Å². The molecule has 0 fully saturated rings. The number of benzene rings is 1. The summed E-state index contributed by atoms with van der Waals surface area (Å²) in [5, 5.41) is 3.16. The van der Waals surface area contributed by atoms with Crippen molar-refractivity contribution in [2.75, 3.05) is 31.3 Å². The SMILES string of the molecule is COc1cccnc1NCCOc1cccc(N)c1. The molecule has 0 unspecified atom stereocenters. The van der Waals surface area contributed by atoms with Crippen LogP contribution in [0.1, 0.15) is 0 Å². The number of nitrogens with one attached hydrogen (secondary N) is 1. The number of rotatable bonds is 6. The normalized spacial score (nSPS) is 9.95. The summed E-state index contributed by atoms with van der Waals surface area (Å²) >= 11 is 0. The molecule has 0 aliphatic rings. The number of hydrogen-bond acceptors (Lipinski definition) is 5. The second-order valence-electron chi connectivity index (χ2n) is 3.90. The molecule has 5 nitrogen and oxygen atoms in total. The molecule has 5 heteroatoms. The zero-order valence-corrected chi connectivity index (χ0v) is 10.8. The predicted molar refractivity (Wildman–Crippen MR) is 75.6 cm³/mol. The molecule has 1 aromatic heterocycles. The van der Waals surface area contributed by atoms with Crippen LogP contribution in [-0.4, -0.2) is 25.2 Å². The molecule has 1 heterocycles. The van der Waals surface area contributed by atoms with E-state index in [0.717, 1.165) is 5.75 Å². The summed E-state index contributed by atoms with van der Waals surface area (Å²) in [6, 6.07) is 11.0. The van der Waals surface area contributed by atoms with E-state index in [1.807, 2.05) is 30.3 Å². The predicted octanol–water partition coefficient (Wildman–Crippen LogP) is 2.16. The maximum atomic E-state index is 5.67. The van der Waals surface area contributed by atoms with E-state index in [9.17, 15) is 0 Å². The average Bonchev–Trinajstić information content (AvgIpc) is 2.44. The molecule has 0 spiro atoms. The Morgan fingerprint density at radius 3 is 2.95 bits per heavy atom. The number of nitrogens with two attached hydrogens (primary N) is 1. The molecule has 19 heavy (non-hydrogen) atoms. The van der Waals surface area contributed by atoms with Gasteiger partial charge in [0.05, 0.1) is 13.7 Å². The average molecular weight is 259 g/mol. The monoisotopic (exact) mass is 259 g/mol. The molecule has 2 aromatic rings. The smallest absolute Gasteiger partial charge is 0.168 e. The Morgan fingerprint density at radius 1 is 1.26 bits per heavy atom. The summed E-state index contributed by atoms with van der Waals surface area (Å²) < 4.78 is 10.8. The standard InChI is InChI=1S/C14H17N3O2/c1-18-13-6-3-7-16-14(13)17-8-9-19-12-5-2-4-11(15)10-12/h2-7,10H,8-9,15H2,1H3,(H,16,17). The van der Waals surface area contributed by atoms with E-state index in [-0.39, 0.29) is 0 Å². The zero-order chi connectivity index (χ0) is 13.5. The molecule has 0 bridgehead atoms. The van der Waals surface area contributed by atoms with Crippen LogP contribution in [0.5, 0.6) is 11.5 Å². The summed E-state index contributed by atoms with van der Waals surface area (Å²) in [4.78, 5) is 4.20. The van der Waals surface area contributed by atoms with Gasteiger partial charge in [0, 0.05) is 18.0 Å². The van der Waals surface area contributed by atoms with Gasteiger partial charge in [-0.25, -0.2) is 4.98 Å². The van der Waals surface area contributed by atoms with Crippen molar-refractivity contribution in [1.29, 1.82) is 0 Å². The Morgan fingerprint density at radius 2 is 2.16 bits per heavy atom. The highest BCUT2D eigenvalue weighted by Gasteiger charge is 2.01. The molecule has 0 aliphatic carbocycles. The highest BCUT2D eigenvalue weighted by atomic mass is 16.5. The number of hydrogen-bond donors (Lipinski definition) is 2. The summed E-state index contributed by atoms with van der Waals surface area (Å²) in [6.07, 6.45) is 1.71. The number of methoxy groups -OCH3 is 1. The van der Waals surface area contributed by atoms with Crippen LogP contribution in [0.25, 0.3) is 0 Å². The van der Waals surface area contributed by atoms with E-state index in [0.29, 0.717) is 30.4 Å². The topological polar surface area (TPSA) is 69.4 Å². The van der Waals surface area contributed by atoms with Gasteiger partial charge < -0.3 is 20.5 Å². The van der Waals surface area contributed by atoms with Gasteiger partial charge in [-0.3, -0.25) is 0 Å². The van der Waals surface area contributed by atoms with Gasteiger partial charge in [-0.15, -0.1) is 0 Å². The Kier molecular flexibility index (Phi) is 4.44. The van der Waals surface area contributed by atoms with Crippen LogP contribution in [0.2, 0.25) is 0 Å². The molecule has 3 N–H and O–H groups in total. The van der Waals surface area contributed by atoms with Gasteiger partial charge in [-0.05, 0) is 24.3 Å². The van der Waals surface area contributed by atoms with E-state index >= 15 is 0 Å². The van der Waals surface area contributed by atoms with E-state index in [4.69, 9.17) is 15.2 Å². The van der Waals surface area contributed by atoms with Crippen molar-refractivity contribution in [3.63, 3.8) is 0 Å². The van der Waals surface area contributed by atoms with Crippen molar-refractivity contribution in [1.82, 2.24) is 4.98 Å². The van der Waals surface area contributed by atoms with E-state index < -0.39 is 0 Å². The van der Waals surface area contributed by atoms with Crippen LogP contribution < -0.4 is 20.5 Å². The van der Waals surface area contributed by atoms with E-state index in [1.54, 1.807) is 19.4 Å². The van der Waals surface area contributed by atoms with Gasteiger partial charge in [0.15, 0.2) is 11.6 Å². The van der Waals surface area contributed by atoms with Crippen LogP contribution in [0, 0.1) is 0 Å². The number of nitrogens with zero attached hydrogens (tertiary/aromatic N) is 1. The summed E-state index contributed by atoms with van der Waals surface area (Å²) in [6.45, 7) is 1.14. The van der Waals surface area contributed by atoms with Crippen molar-refractivity contribution in [2.45, 2.75) is 0 Å². The maximum absolute atomic E-state index is 5.67. The fourth-order valence-corrected chi connectivity index (χ4v) is 1.63. The summed E-state index contributed by atoms with van der Waals surface area (Å²) in [5.74, 6) is 2.18. The number of ether oxygens (including phenoxy) is 2. The number of nitrogen functional groups attached to an aromatic ring is 1. The Balaban J connectivity index is 1.81. The van der Waals surface area contributed by atoms with E-state index in [2.05, 4.69) is 10.3 Å². The maximum Gasteiger partial charge on any atom is 0.168 e. The van der Waals surface area contributed by atoms with Crippen molar-refractivity contribution >= 4 is 11.5 Å². The van der Waals surface area contributed by atoms with Gasteiger partial charge in [0.1, 0.15) is 12.4 Å². The van der Waals surface area contributed by atoms with Crippen molar-refractivity contribution in [3.8, 4) is 11.5 Å². The van der Waals surface area contributed by atoms with Crippen LogP contribution in [0.15, 0.2) is 42.6 Å². The van der Waals surface area contributed by atoms with Crippen LogP contribution in [0.4, 0.5) is 11.5 Å². The summed E-state index contributed by atoms with van der Waals surface area (Å²) in [5.41, 5.74) is 6.36. The molecular weight excluding hydrogens is 242 g/mol. The first kappa shape index (κ1) is 13.0. The molecule has 1 aromatic carbocycles. The molecule has 2 rings (SSSR count). The number of anilines is 2.